The van der Waals surface area contributed by atoms with E-state index in [1.54, 1.807) is 11.7 Å². The summed E-state index contributed by atoms with van der Waals surface area (Å²) in [5.41, 5.74) is 0.360. The van der Waals surface area contributed by atoms with E-state index < -0.39 is 0 Å². The minimum atomic E-state index is -0.372. The molecule has 2 aromatic heterocycles. The minimum Gasteiger partial charge on any atom is -0.301 e. The summed E-state index contributed by atoms with van der Waals surface area (Å²) in [6, 6.07) is 1.97. The van der Waals surface area contributed by atoms with Gasteiger partial charge in [0.15, 0.2) is 11.2 Å². The summed E-state index contributed by atoms with van der Waals surface area (Å²) < 4.78 is 2.95. The number of hydrogen-bond donors (Lipinski definition) is 0. The first kappa shape index (κ1) is 11.3. The third-order valence-electron chi connectivity index (χ3n) is 2.48. The molecule has 0 unspecified atom stereocenters. The topological polar surface area (TPSA) is 76.5 Å². The Balaban J connectivity index is 3.02. The lowest BCUT2D eigenvalue weighted by atomic mass is 10.1. The largest absolute Gasteiger partial charge is 0.301 e. The van der Waals surface area contributed by atoms with E-state index in [2.05, 4.69) is 10.1 Å². The number of rotatable bonds is 0. The Morgan fingerprint density at radius 1 is 1.41 bits per heavy atom. The van der Waals surface area contributed by atoms with Crippen molar-refractivity contribution < 1.29 is 0 Å². The van der Waals surface area contributed by atoms with Gasteiger partial charge in [-0.1, -0.05) is 0 Å². The zero-order chi connectivity index (χ0) is 12.8. The van der Waals surface area contributed by atoms with Crippen molar-refractivity contribution in [3.05, 3.63) is 22.4 Å². The number of fused-ring (bicyclic) bond motifs is 1. The van der Waals surface area contributed by atoms with Crippen LogP contribution >= 0.6 is 0 Å². The molecule has 6 nitrogen and oxygen atoms in total. The van der Waals surface area contributed by atoms with Crippen LogP contribution in [0.4, 0.5) is 0 Å². The van der Waals surface area contributed by atoms with Gasteiger partial charge in [-0.15, -0.1) is 0 Å². The van der Waals surface area contributed by atoms with Crippen LogP contribution in [0.15, 0.2) is 11.1 Å². The second kappa shape index (κ2) is 3.42. The number of aryl methyl sites for hydroxylation is 1. The fourth-order valence-electron chi connectivity index (χ4n) is 1.65. The molecule has 0 saturated carbocycles. The highest BCUT2D eigenvalue weighted by molar-refractivity contribution is 5.79. The van der Waals surface area contributed by atoms with E-state index in [4.69, 9.17) is 5.26 Å². The fourth-order valence-corrected chi connectivity index (χ4v) is 1.65. The van der Waals surface area contributed by atoms with Crippen molar-refractivity contribution in [2.75, 3.05) is 0 Å². The fraction of sp³-hybridized carbons (Fsp3) is 0.455. The quantitative estimate of drug-likeness (QED) is 0.670. The SMILES string of the molecule is Cn1cnc2c(C#N)nn(C(C)(C)C)c2c1=O. The minimum absolute atomic E-state index is 0.188. The highest BCUT2D eigenvalue weighted by Gasteiger charge is 2.23. The van der Waals surface area contributed by atoms with E-state index >= 15 is 0 Å². The summed E-state index contributed by atoms with van der Waals surface area (Å²) in [6.45, 7) is 5.77. The predicted molar refractivity (Wildman–Crippen MR) is 62.5 cm³/mol. The molecule has 2 heterocycles. The van der Waals surface area contributed by atoms with Crippen molar-refractivity contribution in [3.63, 3.8) is 0 Å². The molecule has 0 N–H and O–H groups in total. The maximum absolute atomic E-state index is 12.1. The Morgan fingerprint density at radius 2 is 2.06 bits per heavy atom. The van der Waals surface area contributed by atoms with Gasteiger partial charge in [-0.3, -0.25) is 9.48 Å². The Labute approximate surface area is 98.1 Å². The molecule has 0 saturated heterocycles. The lowest BCUT2D eigenvalue weighted by Crippen LogP contribution is -2.28. The lowest BCUT2D eigenvalue weighted by molar-refractivity contribution is 0.366. The molecule has 0 fully saturated rings. The molecule has 0 aliphatic carbocycles. The van der Waals surface area contributed by atoms with Crippen molar-refractivity contribution in [2.24, 2.45) is 7.05 Å². The lowest BCUT2D eigenvalue weighted by Gasteiger charge is -2.19. The zero-order valence-corrected chi connectivity index (χ0v) is 10.2. The number of aromatic nitrogens is 4. The third-order valence-corrected chi connectivity index (χ3v) is 2.48. The van der Waals surface area contributed by atoms with E-state index in [1.807, 2.05) is 26.8 Å². The first-order chi connectivity index (χ1) is 7.86. The molecule has 6 heteroatoms. The summed E-state index contributed by atoms with van der Waals surface area (Å²) in [5, 5.41) is 13.2. The van der Waals surface area contributed by atoms with Gasteiger partial charge < -0.3 is 4.57 Å². The van der Waals surface area contributed by atoms with Crippen molar-refractivity contribution >= 4 is 11.0 Å². The Kier molecular flexibility index (Phi) is 2.28. The first-order valence-electron chi connectivity index (χ1n) is 5.21. The van der Waals surface area contributed by atoms with Crippen LogP contribution in [0.3, 0.4) is 0 Å². The highest BCUT2D eigenvalue weighted by Crippen LogP contribution is 2.20. The average molecular weight is 231 g/mol. The first-order valence-corrected chi connectivity index (χ1v) is 5.21. The molecule has 0 radical (unpaired) electrons. The number of hydrogen-bond acceptors (Lipinski definition) is 4. The van der Waals surface area contributed by atoms with Crippen molar-refractivity contribution in [3.8, 4) is 6.07 Å². The Hall–Kier alpha value is -2.16. The van der Waals surface area contributed by atoms with Crippen LogP contribution in [0.2, 0.25) is 0 Å². The van der Waals surface area contributed by atoms with Crippen LogP contribution < -0.4 is 5.56 Å². The molecule has 0 bridgehead atoms. The molecule has 0 spiro atoms. The Morgan fingerprint density at radius 3 is 2.59 bits per heavy atom. The van der Waals surface area contributed by atoms with Gasteiger partial charge >= 0.3 is 0 Å². The number of nitrogens with zero attached hydrogens (tertiary/aromatic N) is 5. The van der Waals surface area contributed by atoms with E-state index in [0.29, 0.717) is 11.0 Å². The summed E-state index contributed by atoms with van der Waals surface area (Å²) >= 11 is 0. The van der Waals surface area contributed by atoms with Crippen LogP contribution in [0.5, 0.6) is 0 Å². The second-order valence-corrected chi connectivity index (χ2v) is 4.90. The summed E-state index contributed by atoms with van der Waals surface area (Å²) in [5.74, 6) is 0. The van der Waals surface area contributed by atoms with Gasteiger partial charge in [-0.2, -0.15) is 10.4 Å². The zero-order valence-electron chi connectivity index (χ0n) is 10.2. The standard InChI is InChI=1S/C11H13N5O/c1-11(2,3)16-9-8(7(5-12)14-16)13-6-15(4)10(9)17/h6H,1-4H3. The van der Waals surface area contributed by atoms with Gasteiger partial charge in [0.2, 0.25) is 0 Å². The summed E-state index contributed by atoms with van der Waals surface area (Å²) in [4.78, 5) is 16.2. The second-order valence-electron chi connectivity index (χ2n) is 4.90. The molecule has 0 aliphatic heterocycles. The molecular formula is C11H13N5O. The van der Waals surface area contributed by atoms with Gasteiger partial charge in [-0.05, 0) is 20.8 Å². The highest BCUT2D eigenvalue weighted by atomic mass is 16.1. The van der Waals surface area contributed by atoms with Crippen LogP contribution in [0.25, 0.3) is 11.0 Å². The van der Waals surface area contributed by atoms with Gasteiger partial charge in [0.25, 0.3) is 5.56 Å². The summed E-state index contributed by atoms with van der Waals surface area (Å²) in [7, 11) is 1.63. The smallest absolute Gasteiger partial charge is 0.279 e. The molecule has 2 rings (SSSR count). The van der Waals surface area contributed by atoms with Gasteiger partial charge in [0, 0.05) is 7.05 Å². The monoisotopic (exact) mass is 231 g/mol. The van der Waals surface area contributed by atoms with Gasteiger partial charge in [0.05, 0.1) is 11.9 Å². The molecule has 0 aliphatic rings. The molecule has 0 amide bonds. The predicted octanol–water partition coefficient (Wildman–Crippen LogP) is 0.757. The average Bonchev–Trinajstić information content (AvgIpc) is 2.62. The molecule has 0 atom stereocenters. The summed E-state index contributed by atoms with van der Waals surface area (Å²) in [6.07, 6.45) is 1.40. The van der Waals surface area contributed by atoms with Crippen molar-refractivity contribution in [1.29, 1.82) is 5.26 Å². The van der Waals surface area contributed by atoms with E-state index in [0.717, 1.165) is 0 Å². The molecule has 2 aromatic rings. The van der Waals surface area contributed by atoms with E-state index in [-0.39, 0.29) is 16.8 Å². The maximum atomic E-state index is 12.1. The molecular weight excluding hydrogens is 218 g/mol. The van der Waals surface area contributed by atoms with E-state index in [9.17, 15) is 4.79 Å². The van der Waals surface area contributed by atoms with E-state index in [1.165, 1.54) is 10.9 Å². The van der Waals surface area contributed by atoms with Gasteiger partial charge in [0.1, 0.15) is 11.6 Å². The van der Waals surface area contributed by atoms with Crippen molar-refractivity contribution in [2.45, 2.75) is 26.3 Å². The van der Waals surface area contributed by atoms with Gasteiger partial charge in [-0.25, -0.2) is 4.98 Å². The molecule has 88 valence electrons. The van der Waals surface area contributed by atoms with Crippen LogP contribution in [-0.2, 0) is 12.6 Å². The molecule has 17 heavy (non-hydrogen) atoms. The van der Waals surface area contributed by atoms with Crippen LogP contribution in [0, 0.1) is 11.3 Å². The molecule has 0 aromatic carbocycles. The normalized spacial score (nSPS) is 11.7. The van der Waals surface area contributed by atoms with Crippen molar-refractivity contribution in [1.82, 2.24) is 19.3 Å². The third kappa shape index (κ3) is 1.60. The van der Waals surface area contributed by atoms with Crippen LogP contribution in [0.1, 0.15) is 26.5 Å². The van der Waals surface area contributed by atoms with Crippen LogP contribution in [-0.4, -0.2) is 19.3 Å². The number of nitriles is 1. The maximum Gasteiger partial charge on any atom is 0.279 e. The Bertz CT molecular complexity index is 681.